The number of thiophene rings is 1. The molecule has 8 heteroatoms. The van der Waals surface area contributed by atoms with Gasteiger partial charge in [0.05, 0.1) is 0 Å². The predicted octanol–water partition coefficient (Wildman–Crippen LogP) is 2.03. The van der Waals surface area contributed by atoms with E-state index in [9.17, 15) is 13.6 Å². The second-order valence-corrected chi connectivity index (χ2v) is 5.42. The minimum absolute atomic E-state index is 0. The molecular weight excluding hydrogens is 298 g/mol. The summed E-state index contributed by atoms with van der Waals surface area (Å²) in [5, 5.41) is 5.83. The van der Waals surface area contributed by atoms with Crippen LogP contribution in [0.5, 0.6) is 5.75 Å². The summed E-state index contributed by atoms with van der Waals surface area (Å²) in [4.78, 5) is 12.8. The van der Waals surface area contributed by atoms with Crippen LogP contribution in [0.4, 0.5) is 8.78 Å². The Morgan fingerprint density at radius 3 is 2.84 bits per heavy atom. The Balaban J connectivity index is 0.00000180. The molecule has 0 unspecified atom stereocenters. The maximum Gasteiger partial charge on any atom is 0.387 e. The standard InChI is InChI=1S/C11H14F2N2O2S.ClH/c1-6-2-8(17-11(12)13)9(18-6)10(16)15-5-7-3-14-4-7;/h2,7,11,14H,3-5H2,1H3,(H,15,16);1H. The fraction of sp³-hybridized carbons (Fsp3) is 0.545. The lowest BCUT2D eigenvalue weighted by molar-refractivity contribution is -0.0498. The van der Waals surface area contributed by atoms with Gasteiger partial charge in [0.15, 0.2) is 0 Å². The highest BCUT2D eigenvalue weighted by Gasteiger charge is 2.22. The zero-order valence-electron chi connectivity index (χ0n) is 10.2. The second kappa shape index (κ2) is 7.02. The third-order valence-corrected chi connectivity index (χ3v) is 3.69. The molecule has 19 heavy (non-hydrogen) atoms. The highest BCUT2D eigenvalue weighted by atomic mass is 35.5. The summed E-state index contributed by atoms with van der Waals surface area (Å²) in [6.07, 6.45) is 0. The summed E-state index contributed by atoms with van der Waals surface area (Å²) >= 11 is 1.16. The van der Waals surface area contributed by atoms with Crippen LogP contribution in [0.25, 0.3) is 0 Å². The molecule has 0 atom stereocenters. The van der Waals surface area contributed by atoms with Gasteiger partial charge in [0.25, 0.3) is 5.91 Å². The van der Waals surface area contributed by atoms with Crippen molar-refractivity contribution in [2.24, 2.45) is 5.92 Å². The molecule has 1 aromatic rings. The zero-order chi connectivity index (χ0) is 13.1. The molecule has 0 radical (unpaired) electrons. The van der Waals surface area contributed by atoms with Crippen molar-refractivity contribution >= 4 is 29.7 Å². The summed E-state index contributed by atoms with van der Waals surface area (Å²) in [6.45, 7) is 1.14. The van der Waals surface area contributed by atoms with Gasteiger partial charge >= 0.3 is 6.61 Å². The third kappa shape index (κ3) is 4.29. The molecule has 1 fully saturated rings. The number of hydrogen-bond donors (Lipinski definition) is 2. The number of alkyl halides is 2. The maximum absolute atomic E-state index is 12.2. The van der Waals surface area contributed by atoms with Gasteiger partial charge < -0.3 is 15.4 Å². The predicted molar refractivity (Wildman–Crippen MR) is 71.6 cm³/mol. The summed E-state index contributed by atoms with van der Waals surface area (Å²) in [7, 11) is 0. The normalized spacial score (nSPS) is 14.7. The third-order valence-electron chi connectivity index (χ3n) is 2.66. The van der Waals surface area contributed by atoms with Gasteiger partial charge in [-0.3, -0.25) is 4.79 Å². The van der Waals surface area contributed by atoms with Crippen molar-refractivity contribution in [1.82, 2.24) is 10.6 Å². The fourth-order valence-corrected chi connectivity index (χ4v) is 2.50. The largest absolute Gasteiger partial charge is 0.433 e. The molecule has 1 aliphatic heterocycles. The van der Waals surface area contributed by atoms with Crippen LogP contribution in [0.15, 0.2) is 6.07 Å². The van der Waals surface area contributed by atoms with Gasteiger partial charge in [-0.25, -0.2) is 0 Å². The molecule has 2 rings (SSSR count). The lowest BCUT2D eigenvalue weighted by atomic mass is 10.0. The van der Waals surface area contributed by atoms with Crippen molar-refractivity contribution < 1.29 is 18.3 Å². The molecule has 0 bridgehead atoms. The van der Waals surface area contributed by atoms with Gasteiger partial charge in [0.1, 0.15) is 10.6 Å². The topological polar surface area (TPSA) is 50.4 Å². The molecule has 1 aromatic heterocycles. The molecule has 2 N–H and O–H groups in total. The van der Waals surface area contributed by atoms with Gasteiger partial charge in [-0.05, 0) is 13.0 Å². The summed E-state index contributed by atoms with van der Waals surface area (Å²) in [5.41, 5.74) is 0. The van der Waals surface area contributed by atoms with E-state index < -0.39 is 6.61 Å². The van der Waals surface area contributed by atoms with Crippen molar-refractivity contribution in [2.75, 3.05) is 19.6 Å². The first-order valence-corrected chi connectivity index (χ1v) is 6.42. The summed E-state index contributed by atoms with van der Waals surface area (Å²) < 4.78 is 28.7. The molecule has 0 aromatic carbocycles. The fourth-order valence-electron chi connectivity index (χ4n) is 1.64. The highest BCUT2D eigenvalue weighted by Crippen LogP contribution is 2.30. The first-order chi connectivity index (χ1) is 8.56. The first-order valence-electron chi connectivity index (χ1n) is 5.60. The van der Waals surface area contributed by atoms with Crippen molar-refractivity contribution in [3.05, 3.63) is 15.8 Å². The Morgan fingerprint density at radius 2 is 2.32 bits per heavy atom. The lowest BCUT2D eigenvalue weighted by Gasteiger charge is -2.26. The quantitative estimate of drug-likeness (QED) is 0.874. The van der Waals surface area contributed by atoms with Gasteiger partial charge in [-0.15, -0.1) is 23.7 Å². The average Bonchev–Trinajstić information content (AvgIpc) is 2.56. The van der Waals surface area contributed by atoms with Crippen LogP contribution in [0.2, 0.25) is 0 Å². The molecule has 1 saturated heterocycles. The number of nitrogens with one attached hydrogen (secondary N) is 2. The van der Waals surface area contributed by atoms with E-state index in [4.69, 9.17) is 0 Å². The van der Waals surface area contributed by atoms with E-state index in [-0.39, 0.29) is 28.9 Å². The molecule has 0 aliphatic carbocycles. The van der Waals surface area contributed by atoms with Gasteiger partial charge in [-0.2, -0.15) is 8.78 Å². The van der Waals surface area contributed by atoms with E-state index in [1.54, 1.807) is 6.92 Å². The van der Waals surface area contributed by atoms with E-state index in [1.165, 1.54) is 6.07 Å². The van der Waals surface area contributed by atoms with Crippen molar-refractivity contribution in [2.45, 2.75) is 13.5 Å². The zero-order valence-corrected chi connectivity index (χ0v) is 11.9. The molecule has 0 saturated carbocycles. The van der Waals surface area contributed by atoms with E-state index >= 15 is 0 Å². The molecular formula is C11H15ClF2N2O2S. The highest BCUT2D eigenvalue weighted by molar-refractivity contribution is 7.14. The lowest BCUT2D eigenvalue weighted by Crippen LogP contribution is -2.48. The van der Waals surface area contributed by atoms with Crippen LogP contribution in [-0.4, -0.2) is 32.2 Å². The molecule has 1 aliphatic rings. The van der Waals surface area contributed by atoms with Crippen LogP contribution < -0.4 is 15.4 Å². The molecule has 0 spiro atoms. The minimum atomic E-state index is -2.92. The number of carbonyl (C=O) groups is 1. The van der Waals surface area contributed by atoms with E-state index in [2.05, 4.69) is 15.4 Å². The summed E-state index contributed by atoms with van der Waals surface area (Å²) in [5.74, 6) is 0.0295. The first kappa shape index (κ1) is 16.1. The SMILES string of the molecule is Cc1cc(OC(F)F)c(C(=O)NCC2CNC2)s1.Cl. The van der Waals surface area contributed by atoms with E-state index in [1.807, 2.05) is 0 Å². The van der Waals surface area contributed by atoms with Crippen LogP contribution in [-0.2, 0) is 0 Å². The number of hydrogen-bond acceptors (Lipinski definition) is 4. The number of amides is 1. The van der Waals surface area contributed by atoms with Gasteiger partial charge in [0.2, 0.25) is 0 Å². The second-order valence-electron chi connectivity index (χ2n) is 4.16. The smallest absolute Gasteiger partial charge is 0.387 e. The molecule has 108 valence electrons. The monoisotopic (exact) mass is 312 g/mol. The van der Waals surface area contributed by atoms with Crippen LogP contribution >= 0.6 is 23.7 Å². The Labute approximate surface area is 119 Å². The van der Waals surface area contributed by atoms with Crippen molar-refractivity contribution in [3.63, 3.8) is 0 Å². The van der Waals surface area contributed by atoms with Crippen molar-refractivity contribution in [1.29, 1.82) is 0 Å². The Bertz CT molecular complexity index is 438. The van der Waals surface area contributed by atoms with Gasteiger partial charge in [0, 0.05) is 30.4 Å². The Kier molecular flexibility index (Phi) is 5.96. The number of rotatable bonds is 5. The average molecular weight is 313 g/mol. The van der Waals surface area contributed by atoms with Crippen LogP contribution in [0.1, 0.15) is 14.5 Å². The Morgan fingerprint density at radius 1 is 1.63 bits per heavy atom. The number of aryl methyl sites for hydroxylation is 1. The van der Waals surface area contributed by atoms with Crippen LogP contribution in [0.3, 0.4) is 0 Å². The number of ether oxygens (including phenoxy) is 1. The minimum Gasteiger partial charge on any atom is -0.433 e. The molecule has 1 amide bonds. The maximum atomic E-state index is 12.2. The molecule has 4 nitrogen and oxygen atoms in total. The Hall–Kier alpha value is -0.920. The molecule has 2 heterocycles. The number of carbonyl (C=O) groups excluding carboxylic acids is 1. The van der Waals surface area contributed by atoms with Gasteiger partial charge in [-0.1, -0.05) is 0 Å². The van der Waals surface area contributed by atoms with Crippen LogP contribution in [0, 0.1) is 12.8 Å². The van der Waals surface area contributed by atoms with Crippen molar-refractivity contribution in [3.8, 4) is 5.75 Å². The number of halogens is 3. The van der Waals surface area contributed by atoms with E-state index in [0.717, 1.165) is 29.3 Å². The van der Waals surface area contributed by atoms with E-state index in [0.29, 0.717) is 12.5 Å². The summed E-state index contributed by atoms with van der Waals surface area (Å²) in [6, 6.07) is 1.46.